The number of anilines is 1. The maximum Gasteiger partial charge on any atom is 0.308 e. The highest BCUT2D eigenvalue weighted by Gasteiger charge is 2.36. The van der Waals surface area contributed by atoms with Crippen LogP contribution in [-0.4, -0.2) is 46.0 Å². The third-order valence-electron chi connectivity index (χ3n) is 3.62. The van der Waals surface area contributed by atoms with Gasteiger partial charge in [0.25, 0.3) is 0 Å². The van der Waals surface area contributed by atoms with Gasteiger partial charge in [-0.1, -0.05) is 23.2 Å². The summed E-state index contributed by atoms with van der Waals surface area (Å²) in [5.74, 6) is -1.31. The topological polar surface area (TPSA) is 82.5 Å². The van der Waals surface area contributed by atoms with Crippen molar-refractivity contribution in [2.45, 2.75) is 19.4 Å². The van der Waals surface area contributed by atoms with Crippen molar-refractivity contribution in [3.05, 3.63) is 22.3 Å². The van der Waals surface area contributed by atoms with Gasteiger partial charge in [-0.2, -0.15) is 0 Å². The van der Waals surface area contributed by atoms with Gasteiger partial charge in [-0.3, -0.25) is 14.5 Å². The fraction of sp³-hybridized carbons (Fsp3) is 0.462. The lowest BCUT2D eigenvalue weighted by molar-refractivity contribution is -0.142. The summed E-state index contributed by atoms with van der Waals surface area (Å²) < 4.78 is 0. The molecule has 0 aromatic carbocycles. The van der Waals surface area contributed by atoms with Gasteiger partial charge in [0.05, 0.1) is 22.5 Å². The normalized spacial score (nSPS) is 22.2. The molecule has 114 valence electrons. The van der Waals surface area contributed by atoms with Crippen molar-refractivity contribution in [1.29, 1.82) is 0 Å². The molecule has 0 radical (unpaired) electrons. The Morgan fingerprint density at radius 1 is 1.52 bits per heavy atom. The summed E-state index contributed by atoms with van der Waals surface area (Å²) in [4.78, 5) is 28.8. The zero-order valence-electron chi connectivity index (χ0n) is 11.3. The number of pyridine rings is 1. The number of hydrogen-bond donors (Lipinski definition) is 2. The fourth-order valence-corrected chi connectivity index (χ4v) is 2.85. The molecule has 0 bridgehead atoms. The van der Waals surface area contributed by atoms with Crippen LogP contribution in [0.3, 0.4) is 0 Å². The van der Waals surface area contributed by atoms with Crippen LogP contribution in [0.4, 0.5) is 5.82 Å². The average Bonchev–Trinajstić information content (AvgIpc) is 2.74. The largest absolute Gasteiger partial charge is 0.481 e. The SMILES string of the molecule is CC1C(C(=O)O)CCN1CC(=O)Nc1ncc(Cl)cc1Cl. The van der Waals surface area contributed by atoms with Gasteiger partial charge in [-0.25, -0.2) is 4.98 Å². The van der Waals surface area contributed by atoms with E-state index in [1.54, 1.807) is 0 Å². The molecule has 8 heteroatoms. The van der Waals surface area contributed by atoms with Crippen LogP contribution in [0.5, 0.6) is 0 Å². The van der Waals surface area contributed by atoms with E-state index in [2.05, 4.69) is 10.3 Å². The monoisotopic (exact) mass is 331 g/mol. The highest BCUT2D eigenvalue weighted by Crippen LogP contribution is 2.25. The van der Waals surface area contributed by atoms with E-state index in [4.69, 9.17) is 28.3 Å². The Morgan fingerprint density at radius 3 is 2.81 bits per heavy atom. The third-order valence-corrected chi connectivity index (χ3v) is 4.11. The summed E-state index contributed by atoms with van der Waals surface area (Å²) in [5, 5.41) is 12.3. The van der Waals surface area contributed by atoms with Gasteiger partial charge in [0.1, 0.15) is 0 Å². The predicted octanol–water partition coefficient (Wildman–Crippen LogP) is 2.12. The van der Waals surface area contributed by atoms with E-state index in [9.17, 15) is 9.59 Å². The molecule has 1 aliphatic rings. The van der Waals surface area contributed by atoms with Crippen molar-refractivity contribution in [3.63, 3.8) is 0 Å². The molecule has 1 aliphatic heterocycles. The molecule has 2 rings (SSSR count). The van der Waals surface area contributed by atoms with Crippen LogP contribution < -0.4 is 5.32 Å². The highest BCUT2D eigenvalue weighted by molar-refractivity contribution is 6.36. The Hall–Kier alpha value is -1.37. The molecule has 6 nitrogen and oxygen atoms in total. The lowest BCUT2D eigenvalue weighted by Gasteiger charge is -2.22. The maximum absolute atomic E-state index is 12.0. The Kier molecular flexibility index (Phi) is 5.03. The Labute approximate surface area is 132 Å². The number of amides is 1. The summed E-state index contributed by atoms with van der Waals surface area (Å²) in [7, 11) is 0. The average molecular weight is 332 g/mol. The number of likely N-dealkylation sites (tertiary alicyclic amines) is 1. The third kappa shape index (κ3) is 3.84. The number of nitrogens with zero attached hydrogens (tertiary/aromatic N) is 2. The van der Waals surface area contributed by atoms with E-state index in [1.165, 1.54) is 12.3 Å². The maximum atomic E-state index is 12.0. The molecule has 2 atom stereocenters. The van der Waals surface area contributed by atoms with Crippen molar-refractivity contribution >= 4 is 40.9 Å². The van der Waals surface area contributed by atoms with E-state index >= 15 is 0 Å². The number of rotatable bonds is 4. The van der Waals surface area contributed by atoms with Crippen molar-refractivity contribution in [2.75, 3.05) is 18.4 Å². The zero-order valence-corrected chi connectivity index (χ0v) is 12.9. The lowest BCUT2D eigenvalue weighted by atomic mass is 10.0. The van der Waals surface area contributed by atoms with Gasteiger partial charge in [-0.05, 0) is 26.0 Å². The van der Waals surface area contributed by atoms with E-state index < -0.39 is 11.9 Å². The molecule has 1 fully saturated rings. The zero-order chi connectivity index (χ0) is 15.6. The van der Waals surface area contributed by atoms with E-state index in [0.717, 1.165) is 0 Å². The molecule has 2 heterocycles. The molecule has 2 N–H and O–H groups in total. The standard InChI is InChI=1S/C13H15Cl2N3O3/c1-7-9(13(20)21)2-3-18(7)6-11(19)17-12-10(15)4-8(14)5-16-12/h4-5,7,9H,2-3,6H2,1H3,(H,20,21)(H,16,17,19). The number of nitrogens with one attached hydrogen (secondary N) is 1. The van der Waals surface area contributed by atoms with Gasteiger partial charge in [0.2, 0.25) is 5.91 Å². The van der Waals surface area contributed by atoms with Crippen LogP contribution in [-0.2, 0) is 9.59 Å². The fourth-order valence-electron chi connectivity index (χ4n) is 2.42. The molecule has 2 unspecified atom stereocenters. The molecule has 1 aromatic heterocycles. The van der Waals surface area contributed by atoms with Crippen molar-refractivity contribution in [1.82, 2.24) is 9.88 Å². The molecule has 0 aliphatic carbocycles. The first kappa shape index (κ1) is 16.0. The number of aliphatic carboxylic acids is 1. The predicted molar refractivity (Wildman–Crippen MR) is 79.7 cm³/mol. The first-order valence-electron chi connectivity index (χ1n) is 6.46. The second-order valence-electron chi connectivity index (χ2n) is 4.98. The Bertz CT molecular complexity index is 568. The van der Waals surface area contributed by atoms with Gasteiger partial charge in [0, 0.05) is 12.2 Å². The number of carboxylic acid groups (broad SMARTS) is 1. The second-order valence-corrected chi connectivity index (χ2v) is 5.82. The first-order chi connectivity index (χ1) is 9.88. The summed E-state index contributed by atoms with van der Waals surface area (Å²) in [6.45, 7) is 2.49. The molecular formula is C13H15Cl2N3O3. The van der Waals surface area contributed by atoms with Crippen molar-refractivity contribution in [3.8, 4) is 0 Å². The van der Waals surface area contributed by atoms with Crippen LogP contribution in [0.2, 0.25) is 10.0 Å². The number of carboxylic acids is 1. The minimum Gasteiger partial charge on any atom is -0.481 e. The molecule has 0 saturated carbocycles. The minimum absolute atomic E-state index is 0.103. The number of halogens is 2. The van der Waals surface area contributed by atoms with Crippen LogP contribution in [0.25, 0.3) is 0 Å². The van der Waals surface area contributed by atoms with Crippen LogP contribution in [0, 0.1) is 5.92 Å². The van der Waals surface area contributed by atoms with E-state index in [-0.39, 0.29) is 29.3 Å². The van der Waals surface area contributed by atoms with Gasteiger partial charge < -0.3 is 10.4 Å². The molecule has 21 heavy (non-hydrogen) atoms. The summed E-state index contributed by atoms with van der Waals surface area (Å²) >= 11 is 11.7. The van der Waals surface area contributed by atoms with E-state index in [1.807, 2.05) is 11.8 Å². The number of carbonyl (C=O) groups excluding carboxylic acids is 1. The van der Waals surface area contributed by atoms with E-state index in [0.29, 0.717) is 18.0 Å². The first-order valence-corrected chi connectivity index (χ1v) is 7.22. The molecular weight excluding hydrogens is 317 g/mol. The molecule has 0 spiro atoms. The number of aromatic nitrogens is 1. The number of carbonyl (C=O) groups is 2. The highest BCUT2D eigenvalue weighted by atomic mass is 35.5. The number of hydrogen-bond acceptors (Lipinski definition) is 4. The van der Waals surface area contributed by atoms with Crippen LogP contribution >= 0.6 is 23.2 Å². The van der Waals surface area contributed by atoms with Crippen molar-refractivity contribution < 1.29 is 14.7 Å². The van der Waals surface area contributed by atoms with Gasteiger partial charge in [0.15, 0.2) is 5.82 Å². The quantitative estimate of drug-likeness (QED) is 0.883. The summed E-state index contributed by atoms with van der Waals surface area (Å²) in [5.41, 5.74) is 0. The Morgan fingerprint density at radius 2 is 2.24 bits per heavy atom. The smallest absolute Gasteiger partial charge is 0.308 e. The summed E-state index contributed by atoms with van der Waals surface area (Å²) in [6.07, 6.45) is 1.94. The molecule has 1 aromatic rings. The van der Waals surface area contributed by atoms with Crippen LogP contribution in [0.1, 0.15) is 13.3 Å². The minimum atomic E-state index is -0.826. The van der Waals surface area contributed by atoms with Gasteiger partial charge >= 0.3 is 5.97 Å². The van der Waals surface area contributed by atoms with Gasteiger partial charge in [-0.15, -0.1) is 0 Å². The summed E-state index contributed by atoms with van der Waals surface area (Å²) in [6, 6.07) is 1.31. The molecule has 1 amide bonds. The van der Waals surface area contributed by atoms with Crippen molar-refractivity contribution in [2.24, 2.45) is 5.92 Å². The lowest BCUT2D eigenvalue weighted by Crippen LogP contribution is -2.38. The molecule has 1 saturated heterocycles. The Balaban J connectivity index is 1.95. The van der Waals surface area contributed by atoms with Crippen LogP contribution in [0.15, 0.2) is 12.3 Å². The second kappa shape index (κ2) is 6.60.